The first kappa shape index (κ1) is 17.1. The Morgan fingerprint density at radius 2 is 1.83 bits per heavy atom. The van der Waals surface area contributed by atoms with Gasteiger partial charge in [-0.25, -0.2) is 0 Å². The molecule has 0 aliphatic heterocycles. The van der Waals surface area contributed by atoms with E-state index in [1.807, 2.05) is 12.2 Å². The summed E-state index contributed by atoms with van der Waals surface area (Å²) >= 11 is 0. The van der Waals surface area contributed by atoms with E-state index in [0.717, 1.165) is 32.7 Å². The fourth-order valence-electron chi connectivity index (χ4n) is 1.77. The van der Waals surface area contributed by atoms with E-state index in [1.165, 1.54) is 5.57 Å². The van der Waals surface area contributed by atoms with Gasteiger partial charge in [0.2, 0.25) is 0 Å². The van der Waals surface area contributed by atoms with Crippen molar-refractivity contribution in [3.8, 4) is 0 Å². The van der Waals surface area contributed by atoms with Crippen LogP contribution in [0.5, 0.6) is 0 Å². The summed E-state index contributed by atoms with van der Waals surface area (Å²) in [7, 11) is 4.27. The molecule has 0 heterocycles. The van der Waals surface area contributed by atoms with Gasteiger partial charge >= 0.3 is 0 Å². The molecule has 0 aromatic heterocycles. The molecule has 0 aliphatic carbocycles. The van der Waals surface area contributed by atoms with Crippen LogP contribution in [0.3, 0.4) is 0 Å². The van der Waals surface area contributed by atoms with Crippen LogP contribution >= 0.6 is 0 Å². The van der Waals surface area contributed by atoms with Crippen molar-refractivity contribution in [1.29, 1.82) is 0 Å². The molecule has 3 heteroatoms. The average molecular weight is 251 g/mol. The molecule has 0 rings (SSSR count). The zero-order valence-corrected chi connectivity index (χ0v) is 12.2. The van der Waals surface area contributed by atoms with Crippen LogP contribution in [0.2, 0.25) is 0 Å². The lowest BCUT2D eigenvalue weighted by atomic mass is 10.2. The van der Waals surface area contributed by atoms with Crippen molar-refractivity contribution >= 4 is 0 Å². The highest BCUT2D eigenvalue weighted by Gasteiger charge is 2.06. The summed E-state index contributed by atoms with van der Waals surface area (Å²) < 4.78 is 0. The first-order valence-corrected chi connectivity index (χ1v) is 6.54. The molecule has 1 unspecified atom stereocenters. The van der Waals surface area contributed by atoms with Gasteiger partial charge in [-0.1, -0.05) is 38.3 Å². The van der Waals surface area contributed by atoms with Crippen LogP contribution in [0.25, 0.3) is 0 Å². The summed E-state index contributed by atoms with van der Waals surface area (Å²) in [6.07, 6.45) is 5.70. The summed E-state index contributed by atoms with van der Waals surface area (Å²) in [5, 5.41) is 0. The molecular weight excluding hydrogens is 222 g/mol. The number of allylic oxidation sites excluding steroid dienone is 2. The van der Waals surface area contributed by atoms with Crippen molar-refractivity contribution in [2.45, 2.75) is 6.92 Å². The summed E-state index contributed by atoms with van der Waals surface area (Å²) in [5.74, 6) is 0.560. The Hall–Kier alpha value is -0.900. The van der Waals surface area contributed by atoms with Gasteiger partial charge in [0.25, 0.3) is 0 Å². The van der Waals surface area contributed by atoms with E-state index in [4.69, 9.17) is 5.73 Å². The fraction of sp³-hybridized carbons (Fsp3) is 0.600. The molecule has 0 aromatic rings. The van der Waals surface area contributed by atoms with Crippen molar-refractivity contribution in [3.63, 3.8) is 0 Å². The van der Waals surface area contributed by atoms with E-state index in [2.05, 4.69) is 44.0 Å². The second-order valence-corrected chi connectivity index (χ2v) is 5.02. The SMILES string of the molecule is C=C/C=C(\C=C)CN(C)CCN(C)CC(C)CN. The second kappa shape index (κ2) is 10.1. The van der Waals surface area contributed by atoms with Gasteiger partial charge in [0.15, 0.2) is 0 Å². The first-order valence-electron chi connectivity index (χ1n) is 6.54. The molecule has 0 fully saturated rings. The van der Waals surface area contributed by atoms with Crippen LogP contribution in [0.1, 0.15) is 6.92 Å². The maximum absolute atomic E-state index is 5.63. The molecule has 2 N–H and O–H groups in total. The molecule has 0 saturated carbocycles. The molecule has 0 radical (unpaired) electrons. The normalized spacial score (nSPS) is 14.0. The maximum atomic E-state index is 5.63. The average Bonchev–Trinajstić information content (AvgIpc) is 2.35. The number of hydrogen-bond acceptors (Lipinski definition) is 3. The first-order chi connectivity index (χ1) is 8.53. The lowest BCUT2D eigenvalue weighted by molar-refractivity contribution is 0.245. The van der Waals surface area contributed by atoms with Crippen molar-refractivity contribution in [2.75, 3.05) is 46.8 Å². The number of nitrogens with zero attached hydrogens (tertiary/aromatic N) is 2. The van der Waals surface area contributed by atoms with Gasteiger partial charge in [-0.3, -0.25) is 0 Å². The van der Waals surface area contributed by atoms with Gasteiger partial charge in [-0.15, -0.1) is 0 Å². The lowest BCUT2D eigenvalue weighted by Gasteiger charge is -2.24. The minimum Gasteiger partial charge on any atom is -0.330 e. The molecule has 0 aromatic carbocycles. The molecule has 0 spiro atoms. The van der Waals surface area contributed by atoms with Crippen molar-refractivity contribution in [3.05, 3.63) is 37.0 Å². The van der Waals surface area contributed by atoms with Crippen LogP contribution < -0.4 is 5.73 Å². The van der Waals surface area contributed by atoms with Crippen LogP contribution in [0.4, 0.5) is 0 Å². The molecule has 0 aliphatic rings. The van der Waals surface area contributed by atoms with Crippen molar-refractivity contribution in [1.82, 2.24) is 9.80 Å². The van der Waals surface area contributed by atoms with Gasteiger partial charge in [0.05, 0.1) is 0 Å². The summed E-state index contributed by atoms with van der Waals surface area (Å²) in [4.78, 5) is 4.62. The Labute approximate surface area is 113 Å². The van der Waals surface area contributed by atoms with E-state index >= 15 is 0 Å². The lowest BCUT2D eigenvalue weighted by Crippen LogP contribution is -2.35. The smallest absolute Gasteiger partial charge is 0.0231 e. The Bertz CT molecular complexity index is 271. The zero-order chi connectivity index (χ0) is 14.0. The Morgan fingerprint density at radius 3 is 2.33 bits per heavy atom. The molecule has 3 nitrogen and oxygen atoms in total. The van der Waals surface area contributed by atoms with Gasteiger partial charge in [0.1, 0.15) is 0 Å². The summed E-state index contributed by atoms with van der Waals surface area (Å²) in [5.41, 5.74) is 6.83. The Morgan fingerprint density at radius 1 is 1.22 bits per heavy atom. The van der Waals surface area contributed by atoms with E-state index < -0.39 is 0 Å². The van der Waals surface area contributed by atoms with Crippen molar-refractivity contribution in [2.24, 2.45) is 11.7 Å². The minimum atomic E-state index is 0.560. The van der Waals surface area contributed by atoms with E-state index in [-0.39, 0.29) is 0 Å². The van der Waals surface area contributed by atoms with Crippen molar-refractivity contribution < 1.29 is 0 Å². The predicted molar refractivity (Wildman–Crippen MR) is 81.7 cm³/mol. The highest BCUT2D eigenvalue weighted by Crippen LogP contribution is 2.00. The maximum Gasteiger partial charge on any atom is 0.0231 e. The van der Waals surface area contributed by atoms with E-state index in [9.17, 15) is 0 Å². The molecule has 18 heavy (non-hydrogen) atoms. The highest BCUT2D eigenvalue weighted by molar-refractivity contribution is 5.22. The van der Waals surface area contributed by atoms with Gasteiger partial charge in [0, 0.05) is 26.2 Å². The number of likely N-dealkylation sites (N-methyl/N-ethyl adjacent to an activating group) is 2. The van der Waals surface area contributed by atoms with Gasteiger partial charge < -0.3 is 15.5 Å². The fourth-order valence-corrected chi connectivity index (χ4v) is 1.77. The monoisotopic (exact) mass is 251 g/mol. The quantitative estimate of drug-likeness (QED) is 0.600. The topological polar surface area (TPSA) is 32.5 Å². The minimum absolute atomic E-state index is 0.560. The van der Waals surface area contributed by atoms with Crippen LogP contribution in [0.15, 0.2) is 37.0 Å². The number of hydrogen-bond donors (Lipinski definition) is 1. The van der Waals surface area contributed by atoms with E-state index in [0.29, 0.717) is 5.92 Å². The molecule has 0 saturated heterocycles. The van der Waals surface area contributed by atoms with Crippen LogP contribution in [0, 0.1) is 5.92 Å². The largest absolute Gasteiger partial charge is 0.330 e. The third-order valence-electron chi connectivity index (χ3n) is 2.94. The highest BCUT2D eigenvalue weighted by atomic mass is 15.2. The number of nitrogens with two attached hydrogens (primary N) is 1. The Kier molecular flexibility index (Phi) is 9.56. The molecule has 104 valence electrons. The predicted octanol–water partition coefficient (Wildman–Crippen LogP) is 1.74. The van der Waals surface area contributed by atoms with Gasteiger partial charge in [-0.2, -0.15) is 0 Å². The molecule has 0 bridgehead atoms. The van der Waals surface area contributed by atoms with Gasteiger partial charge in [-0.05, 0) is 32.1 Å². The molecule has 0 amide bonds. The van der Waals surface area contributed by atoms with Crippen LogP contribution in [-0.2, 0) is 0 Å². The zero-order valence-electron chi connectivity index (χ0n) is 12.2. The third kappa shape index (κ3) is 8.23. The van der Waals surface area contributed by atoms with E-state index in [1.54, 1.807) is 6.08 Å². The van der Waals surface area contributed by atoms with Crippen LogP contribution in [-0.4, -0.2) is 56.6 Å². The molecular formula is C15H29N3. The number of rotatable bonds is 10. The molecule has 1 atom stereocenters. The Balaban J connectivity index is 3.95. The summed E-state index contributed by atoms with van der Waals surface area (Å²) in [6, 6.07) is 0. The third-order valence-corrected chi connectivity index (χ3v) is 2.94. The standard InChI is InChI=1S/C15H29N3/c1-6-8-15(7-2)13-18(5)10-9-17(4)12-14(3)11-16/h6-8,14H,1-2,9-13,16H2,3-5H3/b15-8+. The summed E-state index contributed by atoms with van der Waals surface area (Å²) in [6.45, 7) is 14.5. The second-order valence-electron chi connectivity index (χ2n) is 5.02.